The lowest BCUT2D eigenvalue weighted by Crippen LogP contribution is -2.19. The van der Waals surface area contributed by atoms with Gasteiger partial charge in [-0.25, -0.2) is 0 Å². The van der Waals surface area contributed by atoms with Crippen molar-refractivity contribution in [3.63, 3.8) is 0 Å². The molecule has 1 heteroatoms. The molecule has 0 radical (unpaired) electrons. The molecule has 17 heavy (non-hydrogen) atoms. The molecule has 1 saturated carbocycles. The van der Waals surface area contributed by atoms with E-state index in [4.69, 9.17) is 0 Å². The number of hydrogen-bond donors (Lipinski definition) is 1. The van der Waals surface area contributed by atoms with Crippen molar-refractivity contribution in [2.45, 2.75) is 90.5 Å². The van der Waals surface area contributed by atoms with Crippen LogP contribution in [0.1, 0.15) is 84.5 Å². The van der Waals surface area contributed by atoms with Crippen molar-refractivity contribution in [3.05, 3.63) is 0 Å². The highest BCUT2D eigenvalue weighted by atomic mass is 15.0. The Morgan fingerprint density at radius 1 is 0.824 bits per heavy atom. The second-order valence-corrected chi connectivity index (χ2v) is 5.82. The largest absolute Gasteiger partial charge is 0.314 e. The van der Waals surface area contributed by atoms with Crippen molar-refractivity contribution < 1.29 is 0 Å². The molecular formula is C16H33N. The molecule has 2 unspecified atom stereocenters. The molecule has 1 rings (SSSR count). The van der Waals surface area contributed by atoms with Gasteiger partial charge in [-0.15, -0.1) is 0 Å². The van der Waals surface area contributed by atoms with Gasteiger partial charge >= 0.3 is 0 Å². The Balaban J connectivity index is 1.71. The van der Waals surface area contributed by atoms with Crippen LogP contribution in [0.5, 0.6) is 0 Å². The van der Waals surface area contributed by atoms with Crippen molar-refractivity contribution in [2.24, 2.45) is 5.92 Å². The summed E-state index contributed by atoms with van der Waals surface area (Å²) >= 11 is 0. The monoisotopic (exact) mass is 239 g/mol. The van der Waals surface area contributed by atoms with Gasteiger partial charge < -0.3 is 5.32 Å². The Hall–Kier alpha value is -0.0400. The third-order valence-electron chi connectivity index (χ3n) is 4.02. The number of nitrogens with one attached hydrogen (secondary N) is 1. The topological polar surface area (TPSA) is 12.0 Å². The fraction of sp³-hybridized carbons (Fsp3) is 1.00. The zero-order chi connectivity index (χ0) is 12.3. The first-order valence-corrected chi connectivity index (χ1v) is 8.11. The predicted octanol–water partition coefficient (Wildman–Crippen LogP) is 4.91. The second-order valence-electron chi connectivity index (χ2n) is 5.82. The zero-order valence-corrected chi connectivity index (χ0v) is 12.1. The van der Waals surface area contributed by atoms with Gasteiger partial charge in [0.05, 0.1) is 0 Å². The van der Waals surface area contributed by atoms with Crippen LogP contribution in [0.2, 0.25) is 0 Å². The maximum absolute atomic E-state index is 3.70. The fourth-order valence-electron chi connectivity index (χ4n) is 2.73. The molecule has 1 aliphatic rings. The highest BCUT2D eigenvalue weighted by Crippen LogP contribution is 2.34. The van der Waals surface area contributed by atoms with Crippen LogP contribution in [0, 0.1) is 5.92 Å². The normalized spacial score (nSPS) is 22.9. The number of rotatable bonds is 12. The van der Waals surface area contributed by atoms with E-state index in [2.05, 4.69) is 19.2 Å². The van der Waals surface area contributed by atoms with Crippen LogP contribution < -0.4 is 5.32 Å². The molecule has 102 valence electrons. The van der Waals surface area contributed by atoms with Gasteiger partial charge in [-0.05, 0) is 31.7 Å². The van der Waals surface area contributed by atoms with Gasteiger partial charge in [0.1, 0.15) is 0 Å². The van der Waals surface area contributed by atoms with Gasteiger partial charge in [-0.2, -0.15) is 0 Å². The molecule has 1 aliphatic carbocycles. The molecule has 0 saturated heterocycles. The molecule has 0 aromatic heterocycles. The molecule has 0 aliphatic heterocycles. The maximum atomic E-state index is 3.70. The first kappa shape index (κ1) is 15.0. The molecule has 1 N–H and O–H groups in total. The van der Waals surface area contributed by atoms with E-state index in [1.165, 1.54) is 77.2 Å². The zero-order valence-electron chi connectivity index (χ0n) is 12.1. The van der Waals surface area contributed by atoms with Gasteiger partial charge in [0.2, 0.25) is 0 Å². The van der Waals surface area contributed by atoms with E-state index < -0.39 is 0 Å². The van der Waals surface area contributed by atoms with E-state index >= 15 is 0 Å². The summed E-state index contributed by atoms with van der Waals surface area (Å²) in [6.07, 6.45) is 15.7. The van der Waals surface area contributed by atoms with Crippen LogP contribution >= 0.6 is 0 Å². The third-order valence-corrected chi connectivity index (χ3v) is 4.02. The summed E-state index contributed by atoms with van der Waals surface area (Å²) in [7, 11) is 0. The van der Waals surface area contributed by atoms with E-state index in [1.54, 1.807) is 0 Å². The van der Waals surface area contributed by atoms with E-state index in [-0.39, 0.29) is 0 Å². The lowest BCUT2D eigenvalue weighted by molar-refractivity contribution is 0.540. The van der Waals surface area contributed by atoms with Gasteiger partial charge in [0.25, 0.3) is 0 Å². The SMILES string of the molecule is CCCCCCCCCCNC1CC1CCC. The molecule has 1 fully saturated rings. The highest BCUT2D eigenvalue weighted by Gasteiger charge is 2.34. The lowest BCUT2D eigenvalue weighted by Gasteiger charge is -2.04. The predicted molar refractivity (Wildman–Crippen MR) is 77.4 cm³/mol. The summed E-state index contributed by atoms with van der Waals surface area (Å²) in [5.74, 6) is 1.02. The first-order valence-electron chi connectivity index (χ1n) is 8.11. The lowest BCUT2D eigenvalue weighted by atomic mass is 10.1. The quantitative estimate of drug-likeness (QED) is 0.477. The molecule has 0 bridgehead atoms. The van der Waals surface area contributed by atoms with Crippen LogP contribution in [0.3, 0.4) is 0 Å². The molecule has 0 spiro atoms. The van der Waals surface area contributed by atoms with E-state index in [9.17, 15) is 0 Å². The van der Waals surface area contributed by atoms with Gasteiger partial charge in [0, 0.05) is 6.04 Å². The van der Waals surface area contributed by atoms with Crippen LogP contribution in [0.25, 0.3) is 0 Å². The fourth-order valence-corrected chi connectivity index (χ4v) is 2.73. The Bertz CT molecular complexity index is 167. The average Bonchev–Trinajstić information content (AvgIpc) is 3.06. The number of hydrogen-bond acceptors (Lipinski definition) is 1. The third kappa shape index (κ3) is 7.81. The van der Waals surface area contributed by atoms with E-state index in [0.717, 1.165) is 12.0 Å². The van der Waals surface area contributed by atoms with Gasteiger partial charge in [-0.3, -0.25) is 0 Å². The average molecular weight is 239 g/mol. The van der Waals surface area contributed by atoms with E-state index in [0.29, 0.717) is 0 Å². The molecule has 1 nitrogen and oxygen atoms in total. The maximum Gasteiger partial charge on any atom is 0.00991 e. The Labute approximate surface area is 109 Å². The molecule has 0 amide bonds. The summed E-state index contributed by atoms with van der Waals surface area (Å²) < 4.78 is 0. The minimum atomic E-state index is 0.888. The summed E-state index contributed by atoms with van der Waals surface area (Å²) in [6, 6.07) is 0.888. The Morgan fingerprint density at radius 3 is 2.12 bits per heavy atom. The Kier molecular flexibility index (Phi) is 8.78. The Morgan fingerprint density at radius 2 is 1.47 bits per heavy atom. The molecule has 2 atom stereocenters. The molecular weight excluding hydrogens is 206 g/mol. The first-order chi connectivity index (χ1) is 8.38. The van der Waals surface area contributed by atoms with Crippen LogP contribution in [0.15, 0.2) is 0 Å². The summed E-state index contributed by atoms with van der Waals surface area (Å²) in [5.41, 5.74) is 0. The molecule has 0 aromatic carbocycles. The van der Waals surface area contributed by atoms with Crippen LogP contribution in [-0.4, -0.2) is 12.6 Å². The van der Waals surface area contributed by atoms with Crippen LogP contribution in [0.4, 0.5) is 0 Å². The molecule has 0 aromatic rings. The van der Waals surface area contributed by atoms with E-state index in [1.807, 2.05) is 0 Å². The number of unbranched alkanes of at least 4 members (excludes halogenated alkanes) is 7. The smallest absolute Gasteiger partial charge is 0.00991 e. The van der Waals surface area contributed by atoms with Crippen molar-refractivity contribution in [1.82, 2.24) is 5.32 Å². The van der Waals surface area contributed by atoms with Crippen molar-refractivity contribution in [3.8, 4) is 0 Å². The minimum Gasteiger partial charge on any atom is -0.314 e. The summed E-state index contributed by atoms with van der Waals surface area (Å²) in [5, 5.41) is 3.70. The second kappa shape index (κ2) is 9.94. The van der Waals surface area contributed by atoms with Crippen molar-refractivity contribution in [2.75, 3.05) is 6.54 Å². The standard InChI is InChI=1S/C16H33N/c1-3-5-6-7-8-9-10-11-13-17-16-14-15(16)12-4-2/h15-17H,3-14H2,1-2H3. The summed E-state index contributed by atoms with van der Waals surface area (Å²) in [4.78, 5) is 0. The van der Waals surface area contributed by atoms with Crippen LogP contribution in [-0.2, 0) is 0 Å². The van der Waals surface area contributed by atoms with Crippen molar-refractivity contribution in [1.29, 1.82) is 0 Å². The van der Waals surface area contributed by atoms with Gasteiger partial charge in [0.15, 0.2) is 0 Å². The summed E-state index contributed by atoms with van der Waals surface area (Å²) in [6.45, 7) is 5.85. The van der Waals surface area contributed by atoms with Gasteiger partial charge in [-0.1, -0.05) is 65.2 Å². The van der Waals surface area contributed by atoms with Crippen molar-refractivity contribution >= 4 is 0 Å². The highest BCUT2D eigenvalue weighted by molar-refractivity contribution is 4.92. The minimum absolute atomic E-state index is 0.888. The molecule has 0 heterocycles.